The minimum absolute atomic E-state index is 0.0969. The minimum Gasteiger partial charge on any atom is -0.433 e. The zero-order valence-corrected chi connectivity index (χ0v) is 36.4. The Morgan fingerprint density at radius 1 is 0.930 bits per heavy atom. The van der Waals surface area contributed by atoms with Gasteiger partial charge in [-0.1, -0.05) is 27.1 Å². The molecule has 1 aliphatic rings. The maximum Gasteiger partial charge on any atom is 0.534 e. The van der Waals surface area contributed by atoms with Crippen LogP contribution in [0.1, 0.15) is 18.2 Å². The first-order valence-electron chi connectivity index (χ1n) is 11.1. The first kappa shape index (κ1) is 40.2. The van der Waals surface area contributed by atoms with E-state index in [1.807, 2.05) is 0 Å². The Bertz CT molecular complexity index is 1620. The number of carbonyl (C=O) groups excluding carboxylic acids is 1. The van der Waals surface area contributed by atoms with Crippen molar-refractivity contribution < 1.29 is 43.5 Å². The summed E-state index contributed by atoms with van der Waals surface area (Å²) in [7, 11) is 7.07. The smallest absolute Gasteiger partial charge is 0.433 e. The summed E-state index contributed by atoms with van der Waals surface area (Å²) in [6, 6.07) is 5.91. The number of sulfone groups is 1. The molecule has 27 heteroatoms. The SMILES string of the molecule is O=C(OP(P(P)P(P)P)P(P(P)P)P(P)P)C1CCc2c(S(=O)(=O)c3ccccc3)cc(OS(=O)(=O)C(F)(F)F)c(=O)n21. The number of halogens is 3. The second-order valence-corrected chi connectivity index (χ2v) is 60.5. The van der Waals surface area contributed by atoms with Crippen LogP contribution in [-0.2, 0) is 35.7 Å². The van der Waals surface area contributed by atoms with Crippen LogP contribution in [0, 0.1) is 0 Å². The highest BCUT2D eigenvalue weighted by Gasteiger charge is 2.50. The maximum atomic E-state index is 13.8. The lowest BCUT2D eigenvalue weighted by molar-refractivity contribution is -0.137. The van der Waals surface area contributed by atoms with Crippen molar-refractivity contribution in [3.63, 3.8) is 0 Å². The average Bonchev–Trinajstić information content (AvgIpc) is 3.34. The molecule has 0 aliphatic carbocycles. The zero-order valence-electron chi connectivity index (χ0n) is 21.3. The van der Waals surface area contributed by atoms with Crippen LogP contribution in [0.5, 0.6) is 5.75 Å². The van der Waals surface area contributed by atoms with Gasteiger partial charge >= 0.3 is 21.6 Å². The van der Waals surface area contributed by atoms with E-state index >= 15 is 0 Å². The van der Waals surface area contributed by atoms with Gasteiger partial charge in [-0.25, -0.2) is 13.2 Å². The number of pyridine rings is 1. The van der Waals surface area contributed by atoms with E-state index in [4.69, 9.17) is 4.52 Å². The monoisotopic (exact) mass is 883 g/mol. The molecule has 240 valence electrons. The summed E-state index contributed by atoms with van der Waals surface area (Å²) in [5.41, 5.74) is -7.46. The van der Waals surface area contributed by atoms with E-state index in [1.54, 1.807) is 6.07 Å². The van der Waals surface area contributed by atoms with Crippen molar-refractivity contribution in [2.45, 2.75) is 34.2 Å². The van der Waals surface area contributed by atoms with E-state index in [-0.39, 0.29) is 23.4 Å². The fourth-order valence-corrected chi connectivity index (χ4v) is 101. The first-order valence-corrected chi connectivity index (χ1v) is 36.8. The van der Waals surface area contributed by atoms with Gasteiger partial charge in [0.15, 0.2) is 7.53 Å². The van der Waals surface area contributed by atoms with Crippen LogP contribution in [-0.4, -0.2) is 32.9 Å². The number of hydrogen-bond acceptors (Lipinski definition) is 8. The molecule has 1 aromatic carbocycles. The Kier molecular flexibility index (Phi) is 15.1. The molecule has 2 heterocycles. The molecule has 10 atom stereocenters. The number of rotatable bonds is 11. The van der Waals surface area contributed by atoms with Crippen LogP contribution in [0.3, 0.4) is 0 Å². The molecule has 0 saturated heterocycles. The van der Waals surface area contributed by atoms with Crippen LogP contribution in [0.2, 0.25) is 0 Å². The molecule has 0 amide bonds. The Balaban J connectivity index is 2.22. The molecule has 0 N–H and O–H groups in total. The number of benzene rings is 1. The van der Waals surface area contributed by atoms with Gasteiger partial charge in [0.2, 0.25) is 15.6 Å². The zero-order chi connectivity index (χ0) is 32.7. The van der Waals surface area contributed by atoms with E-state index in [2.05, 4.69) is 66.7 Å². The highest BCUT2D eigenvalue weighted by Crippen LogP contribution is 3.17. The van der Waals surface area contributed by atoms with Gasteiger partial charge < -0.3 is 8.71 Å². The number of hydrogen-bond donors (Lipinski definition) is 0. The molecule has 0 saturated carbocycles. The molecule has 9 nitrogen and oxygen atoms in total. The van der Waals surface area contributed by atoms with E-state index in [0.29, 0.717) is 10.6 Å². The lowest BCUT2D eigenvalue weighted by atomic mass is 10.2. The van der Waals surface area contributed by atoms with Gasteiger partial charge in [-0.05, 0) is 45.9 Å². The highest BCUT2D eigenvalue weighted by molar-refractivity contribution is 9.19. The molecule has 0 spiro atoms. The maximum absolute atomic E-state index is 13.8. The number of fused-ring (bicyclic) bond motifs is 1. The molecule has 10 unspecified atom stereocenters. The van der Waals surface area contributed by atoms with Crippen molar-refractivity contribution in [1.82, 2.24) is 4.57 Å². The third-order valence-electron chi connectivity index (χ3n) is 5.48. The number of aromatic nitrogens is 1. The molecule has 0 bridgehead atoms. The van der Waals surface area contributed by atoms with Gasteiger partial charge in [0.05, 0.1) is 9.79 Å². The number of carbonyl (C=O) groups is 1. The molecule has 43 heavy (non-hydrogen) atoms. The van der Waals surface area contributed by atoms with Crippen LogP contribution >= 0.6 is 105 Å². The molecule has 1 aromatic heterocycles. The van der Waals surface area contributed by atoms with Gasteiger partial charge in [0.25, 0.3) is 5.56 Å². The largest absolute Gasteiger partial charge is 0.534 e. The second-order valence-electron chi connectivity index (χ2n) is 8.24. The predicted molar refractivity (Wildman–Crippen MR) is 201 cm³/mol. The summed E-state index contributed by atoms with van der Waals surface area (Å²) in [6.07, 6.45) is -0.217. The fraction of sp³-hybridized carbons (Fsp3) is 0.250. The van der Waals surface area contributed by atoms with E-state index < -0.39 is 96.1 Å². The molecule has 1 aliphatic heterocycles. The topological polar surface area (TPSA) is 126 Å². The van der Waals surface area contributed by atoms with E-state index in [9.17, 15) is 39.6 Å². The quantitative estimate of drug-likeness (QED) is 0.125. The standard InChI is InChI=1S/C16H25F3NO8P13S2/c17-16(18,19)43(25,26)28-12-8-13(42(23,24)9-4-2-1-3-5-9)10-6-7-11(20(10)14(12)21)15(22)27-36(40(35)37(29)30)41(38(31)32)39(33)34/h1-5,8,11H,6-7,29-35H2. The van der Waals surface area contributed by atoms with Crippen LogP contribution < -0.4 is 9.74 Å². The van der Waals surface area contributed by atoms with Gasteiger partial charge in [-0.15, -0.1) is 53.6 Å². The van der Waals surface area contributed by atoms with Gasteiger partial charge in [-0.2, -0.15) is 21.6 Å². The van der Waals surface area contributed by atoms with Crippen molar-refractivity contribution >= 4 is 131 Å². The molecule has 0 radical (unpaired) electrons. The average molecular weight is 883 g/mol. The van der Waals surface area contributed by atoms with Crippen molar-refractivity contribution in [3.8, 4) is 5.75 Å². The summed E-state index contributed by atoms with van der Waals surface area (Å²) in [5, 5.41) is 0. The van der Waals surface area contributed by atoms with Gasteiger partial charge in [0, 0.05) is 25.7 Å². The van der Waals surface area contributed by atoms with Gasteiger partial charge in [-0.3, -0.25) is 9.36 Å². The second kappa shape index (κ2) is 16.2. The normalized spacial score (nSPS) is 17.4. The first-order chi connectivity index (χ1) is 19.7. The Hall–Kier alpha value is 2.72. The van der Waals surface area contributed by atoms with Crippen molar-refractivity contribution in [1.29, 1.82) is 0 Å². The van der Waals surface area contributed by atoms with Crippen molar-refractivity contribution in [2.75, 3.05) is 0 Å². The minimum atomic E-state index is -6.35. The van der Waals surface area contributed by atoms with Gasteiger partial charge in [0.1, 0.15) is 6.04 Å². The highest BCUT2D eigenvalue weighted by atomic mass is 33.2. The van der Waals surface area contributed by atoms with Crippen molar-refractivity contribution in [2.24, 2.45) is 0 Å². The summed E-state index contributed by atoms with van der Waals surface area (Å²) in [5.74, 6) is -2.25. The van der Waals surface area contributed by atoms with E-state index in [1.165, 1.54) is 24.3 Å². The molecular weight excluding hydrogens is 858 g/mol. The Labute approximate surface area is 269 Å². The molecular formula is C16H25F3NO8P13S2. The van der Waals surface area contributed by atoms with Crippen LogP contribution in [0.15, 0.2) is 51.0 Å². The lowest BCUT2D eigenvalue weighted by Crippen LogP contribution is -2.34. The Morgan fingerprint density at radius 2 is 1.49 bits per heavy atom. The third-order valence-corrected chi connectivity index (χ3v) is 78.9. The molecule has 3 rings (SSSR count). The Morgan fingerprint density at radius 3 is 1.98 bits per heavy atom. The van der Waals surface area contributed by atoms with Crippen LogP contribution in [0.25, 0.3) is 0 Å². The summed E-state index contributed by atoms with van der Waals surface area (Å²) < 4.78 is 102. The molecule has 2 aromatic rings. The lowest BCUT2D eigenvalue weighted by Gasteiger charge is -2.36. The van der Waals surface area contributed by atoms with Crippen molar-refractivity contribution in [3.05, 3.63) is 52.4 Å². The number of nitrogens with zero attached hydrogens (tertiary/aromatic N) is 1. The predicted octanol–water partition coefficient (Wildman–Crippen LogP) is 8.85. The fourth-order valence-electron chi connectivity index (χ4n) is 3.69. The van der Waals surface area contributed by atoms with E-state index in [0.717, 1.165) is 0 Å². The summed E-state index contributed by atoms with van der Waals surface area (Å²) in [4.78, 5) is 26.3. The summed E-state index contributed by atoms with van der Waals surface area (Å²) in [6.45, 7) is -3.81. The summed E-state index contributed by atoms with van der Waals surface area (Å²) >= 11 is 0. The van der Waals surface area contributed by atoms with Crippen LogP contribution in [0.4, 0.5) is 13.2 Å². The third kappa shape index (κ3) is 9.29. The molecule has 0 fully saturated rings. The number of alkyl halides is 3.